The zero-order chi connectivity index (χ0) is 28.6. The summed E-state index contributed by atoms with van der Waals surface area (Å²) in [5.41, 5.74) is 13.5. The standard InChI is InChI=1S/C38H29N5/c1-4-14-28(15-5-1)37-39-40-38(43(37)31-18-8-3-9-19-31)29-24-26-32(27-25-29)42-35-22-12-10-20-33(35)41(30-16-6-2-7-17-30)34-21-11-13-23-36(34)42/h1-27,38,40H. The number of hydrazone groups is 1. The molecular formula is C38H29N5. The lowest BCUT2D eigenvalue weighted by Gasteiger charge is -2.40. The quantitative estimate of drug-likeness (QED) is 0.229. The summed E-state index contributed by atoms with van der Waals surface area (Å²) in [5, 5.41) is 4.81. The summed E-state index contributed by atoms with van der Waals surface area (Å²) in [4.78, 5) is 6.97. The van der Waals surface area contributed by atoms with Crippen molar-refractivity contribution < 1.29 is 0 Å². The summed E-state index contributed by atoms with van der Waals surface area (Å²) in [6, 6.07) is 57.4. The van der Waals surface area contributed by atoms with Crippen LogP contribution in [0.1, 0.15) is 17.3 Å². The van der Waals surface area contributed by atoms with Gasteiger partial charge in [-0.25, -0.2) is 0 Å². The van der Waals surface area contributed by atoms with Crippen LogP contribution >= 0.6 is 0 Å². The number of nitrogens with zero attached hydrogens (tertiary/aromatic N) is 4. The van der Waals surface area contributed by atoms with Crippen molar-refractivity contribution in [1.82, 2.24) is 5.43 Å². The summed E-state index contributed by atoms with van der Waals surface area (Å²) >= 11 is 0. The first-order valence-electron chi connectivity index (χ1n) is 14.5. The molecule has 1 atom stereocenters. The first-order valence-corrected chi connectivity index (χ1v) is 14.5. The second-order valence-corrected chi connectivity index (χ2v) is 10.6. The monoisotopic (exact) mass is 555 g/mol. The van der Waals surface area contributed by atoms with Gasteiger partial charge >= 0.3 is 0 Å². The van der Waals surface area contributed by atoms with Crippen molar-refractivity contribution in [3.8, 4) is 0 Å². The summed E-state index contributed by atoms with van der Waals surface area (Å²) in [7, 11) is 0. The van der Waals surface area contributed by atoms with Crippen LogP contribution in [0.4, 0.5) is 39.8 Å². The van der Waals surface area contributed by atoms with Crippen molar-refractivity contribution in [3.05, 3.63) is 175 Å². The Morgan fingerprint density at radius 2 is 0.837 bits per heavy atom. The minimum Gasteiger partial charge on any atom is -0.306 e. The molecule has 5 nitrogen and oxygen atoms in total. The van der Waals surface area contributed by atoms with Crippen LogP contribution in [0.5, 0.6) is 0 Å². The third-order valence-electron chi connectivity index (χ3n) is 8.05. The van der Waals surface area contributed by atoms with E-state index in [1.54, 1.807) is 0 Å². The van der Waals surface area contributed by atoms with E-state index in [1.165, 1.54) is 0 Å². The summed E-state index contributed by atoms with van der Waals surface area (Å²) in [6.07, 6.45) is -0.138. The maximum Gasteiger partial charge on any atom is 0.162 e. The topological polar surface area (TPSA) is 34.1 Å². The second kappa shape index (κ2) is 10.5. The normalized spacial score (nSPS) is 15.4. The van der Waals surface area contributed by atoms with Crippen LogP contribution in [0.15, 0.2) is 169 Å². The predicted molar refractivity (Wildman–Crippen MR) is 177 cm³/mol. The van der Waals surface area contributed by atoms with Crippen molar-refractivity contribution in [2.45, 2.75) is 6.17 Å². The molecule has 0 amide bonds. The van der Waals surface area contributed by atoms with E-state index in [0.717, 1.165) is 56.8 Å². The van der Waals surface area contributed by atoms with Gasteiger partial charge in [-0.1, -0.05) is 103 Å². The van der Waals surface area contributed by atoms with Crippen molar-refractivity contribution >= 4 is 45.6 Å². The molecule has 0 aromatic heterocycles. The molecule has 5 heteroatoms. The number of hydrogen-bond acceptors (Lipinski definition) is 5. The first kappa shape index (κ1) is 24.9. The Hall–Kier alpha value is -5.81. The maximum atomic E-state index is 4.81. The van der Waals surface area contributed by atoms with Gasteiger partial charge in [-0.3, -0.25) is 10.3 Å². The Morgan fingerprint density at radius 3 is 1.35 bits per heavy atom. The number of anilines is 7. The lowest BCUT2D eigenvalue weighted by Crippen LogP contribution is -2.33. The van der Waals surface area contributed by atoms with Crippen LogP contribution in [-0.2, 0) is 0 Å². The van der Waals surface area contributed by atoms with E-state index >= 15 is 0 Å². The fraction of sp³-hybridized carbons (Fsp3) is 0.0263. The largest absolute Gasteiger partial charge is 0.306 e. The number of rotatable bonds is 5. The minimum atomic E-state index is -0.138. The first-order chi connectivity index (χ1) is 21.4. The highest BCUT2D eigenvalue weighted by Crippen LogP contribution is 2.53. The Bertz CT molecular complexity index is 1860. The number of benzene rings is 6. The van der Waals surface area contributed by atoms with Crippen molar-refractivity contribution in [1.29, 1.82) is 0 Å². The van der Waals surface area contributed by atoms with Crippen molar-refractivity contribution in [2.75, 3.05) is 14.7 Å². The molecule has 0 spiro atoms. The molecule has 1 N–H and O–H groups in total. The van der Waals surface area contributed by atoms with Gasteiger partial charge in [-0.05, 0) is 66.2 Å². The van der Waals surface area contributed by atoms with E-state index in [-0.39, 0.29) is 6.17 Å². The van der Waals surface area contributed by atoms with Crippen LogP contribution in [0.2, 0.25) is 0 Å². The fourth-order valence-corrected chi connectivity index (χ4v) is 6.11. The van der Waals surface area contributed by atoms with E-state index in [4.69, 9.17) is 5.10 Å². The van der Waals surface area contributed by atoms with E-state index < -0.39 is 0 Å². The molecule has 0 saturated carbocycles. The highest BCUT2D eigenvalue weighted by molar-refractivity contribution is 6.11. The van der Waals surface area contributed by atoms with Crippen molar-refractivity contribution in [2.24, 2.45) is 5.10 Å². The van der Waals surface area contributed by atoms with Gasteiger partial charge in [0, 0.05) is 22.6 Å². The Balaban J connectivity index is 1.19. The molecular weight excluding hydrogens is 526 g/mol. The average Bonchev–Trinajstić information content (AvgIpc) is 3.54. The SMILES string of the molecule is c1ccc(C2=NNC(c3ccc(N4c5ccccc5N(c5ccccc5)c5ccccc54)cc3)N2c2ccccc2)cc1. The number of amidine groups is 1. The molecule has 0 aliphatic carbocycles. The molecule has 2 aliphatic heterocycles. The highest BCUT2D eigenvalue weighted by atomic mass is 15.5. The number of para-hydroxylation sites is 6. The molecule has 6 aromatic carbocycles. The third kappa shape index (κ3) is 4.30. The molecule has 6 aromatic rings. The van der Waals surface area contributed by atoms with E-state index in [1.807, 2.05) is 12.1 Å². The predicted octanol–water partition coefficient (Wildman–Crippen LogP) is 9.41. The molecule has 1 unspecified atom stereocenters. The number of hydrogen-bond donors (Lipinski definition) is 1. The minimum absolute atomic E-state index is 0.138. The van der Waals surface area contributed by atoms with Crippen LogP contribution in [0, 0.1) is 0 Å². The van der Waals surface area contributed by atoms with Gasteiger partial charge in [0.1, 0.15) is 6.17 Å². The van der Waals surface area contributed by atoms with Gasteiger partial charge in [-0.15, -0.1) is 0 Å². The van der Waals surface area contributed by atoms with Crippen LogP contribution in [-0.4, -0.2) is 5.84 Å². The van der Waals surface area contributed by atoms with E-state index in [9.17, 15) is 0 Å². The van der Waals surface area contributed by atoms with Gasteiger partial charge in [0.25, 0.3) is 0 Å². The van der Waals surface area contributed by atoms with Crippen LogP contribution in [0.3, 0.4) is 0 Å². The molecule has 2 aliphatic rings. The van der Waals surface area contributed by atoms with Crippen LogP contribution in [0.25, 0.3) is 0 Å². The summed E-state index contributed by atoms with van der Waals surface area (Å²) in [5.74, 6) is 0.903. The lowest BCUT2D eigenvalue weighted by molar-refractivity contribution is 0.617. The molecule has 0 radical (unpaired) electrons. The van der Waals surface area contributed by atoms with Crippen molar-refractivity contribution in [3.63, 3.8) is 0 Å². The number of fused-ring (bicyclic) bond motifs is 2. The summed E-state index contributed by atoms with van der Waals surface area (Å²) < 4.78 is 0. The fourth-order valence-electron chi connectivity index (χ4n) is 6.11. The van der Waals surface area contributed by atoms with Crippen LogP contribution < -0.4 is 20.1 Å². The van der Waals surface area contributed by atoms with Gasteiger partial charge in [0.15, 0.2) is 5.84 Å². The van der Waals surface area contributed by atoms with Gasteiger partial charge in [-0.2, -0.15) is 5.10 Å². The average molecular weight is 556 g/mol. The second-order valence-electron chi connectivity index (χ2n) is 10.6. The zero-order valence-corrected chi connectivity index (χ0v) is 23.5. The van der Waals surface area contributed by atoms with E-state index in [2.05, 4.69) is 172 Å². The Morgan fingerprint density at radius 1 is 0.419 bits per heavy atom. The van der Waals surface area contributed by atoms with Gasteiger partial charge in [0.2, 0.25) is 0 Å². The molecule has 43 heavy (non-hydrogen) atoms. The third-order valence-corrected chi connectivity index (χ3v) is 8.05. The van der Waals surface area contributed by atoms with Gasteiger partial charge < -0.3 is 9.80 Å². The molecule has 0 fully saturated rings. The maximum absolute atomic E-state index is 4.81. The van der Waals surface area contributed by atoms with Gasteiger partial charge in [0.05, 0.1) is 22.7 Å². The highest BCUT2D eigenvalue weighted by Gasteiger charge is 2.33. The lowest BCUT2D eigenvalue weighted by atomic mass is 10.0. The molecule has 0 saturated heterocycles. The Kier molecular flexibility index (Phi) is 6.12. The molecule has 0 bridgehead atoms. The summed E-state index contributed by atoms with van der Waals surface area (Å²) in [6.45, 7) is 0. The molecule has 8 rings (SSSR count). The Labute approximate surface area is 251 Å². The smallest absolute Gasteiger partial charge is 0.162 e. The number of nitrogens with one attached hydrogen (secondary N) is 1. The molecule has 2 heterocycles. The van der Waals surface area contributed by atoms with E-state index in [0.29, 0.717) is 0 Å². The zero-order valence-electron chi connectivity index (χ0n) is 23.5. The molecule has 206 valence electrons.